The Bertz CT molecular complexity index is 584. The van der Waals surface area contributed by atoms with Crippen molar-refractivity contribution in [3.63, 3.8) is 0 Å². The van der Waals surface area contributed by atoms with Crippen molar-refractivity contribution in [1.29, 1.82) is 0 Å². The normalized spacial score (nSPS) is 10.6. The summed E-state index contributed by atoms with van der Waals surface area (Å²) in [6.45, 7) is -0.326. The number of hydrogen-bond donors (Lipinski definition) is 1. The Balaban J connectivity index is 2.49. The molecule has 0 saturated carbocycles. The van der Waals surface area contributed by atoms with E-state index >= 15 is 0 Å². The van der Waals surface area contributed by atoms with Crippen LogP contribution in [0.4, 0.5) is 0 Å². The predicted octanol–water partition coefficient (Wildman–Crippen LogP) is 2.38. The topological polar surface area (TPSA) is 59.3 Å². The number of hydrogen-bond acceptors (Lipinski definition) is 4. The zero-order valence-electron chi connectivity index (χ0n) is 7.84. The van der Waals surface area contributed by atoms with E-state index in [0.29, 0.717) is 10.0 Å². The molecule has 1 N–H and O–H groups in total. The molecule has 0 saturated heterocycles. The summed E-state index contributed by atoms with van der Waals surface area (Å²) in [7, 11) is 0. The predicted molar refractivity (Wildman–Crippen MR) is 64.5 cm³/mol. The minimum Gasteiger partial charge on any atom is -0.480 e. The summed E-state index contributed by atoms with van der Waals surface area (Å²) >= 11 is 8.09. The van der Waals surface area contributed by atoms with E-state index in [1.165, 1.54) is 15.9 Å². The molecule has 0 spiro atoms. The van der Waals surface area contributed by atoms with Crippen LogP contribution in [-0.4, -0.2) is 15.6 Å². The fraction of sp³-hybridized carbons (Fsp3) is 0.111. The summed E-state index contributed by atoms with van der Waals surface area (Å²) in [6, 6.07) is 3.49. The zero-order chi connectivity index (χ0) is 11.7. The molecular weight excluding hydrogens is 270 g/mol. The van der Waals surface area contributed by atoms with Crippen LogP contribution in [0.15, 0.2) is 22.3 Å². The first-order valence-corrected chi connectivity index (χ1v) is 6.31. The molecule has 4 nitrogen and oxygen atoms in total. The van der Waals surface area contributed by atoms with Crippen molar-refractivity contribution in [3.05, 3.63) is 31.5 Å². The number of carboxylic acid groups (broad SMARTS) is 1. The Morgan fingerprint density at radius 2 is 2.25 bits per heavy atom. The molecule has 0 unspecified atom stereocenters. The highest BCUT2D eigenvalue weighted by Gasteiger charge is 2.13. The maximum absolute atomic E-state index is 11.4. The third-order valence-electron chi connectivity index (χ3n) is 1.90. The van der Waals surface area contributed by atoms with Gasteiger partial charge in [-0.1, -0.05) is 22.9 Å². The van der Waals surface area contributed by atoms with Crippen molar-refractivity contribution >= 4 is 40.2 Å². The van der Waals surface area contributed by atoms with Gasteiger partial charge in [-0.05, 0) is 12.1 Å². The Kier molecular flexibility index (Phi) is 3.13. The molecule has 0 atom stereocenters. The lowest BCUT2D eigenvalue weighted by Crippen LogP contribution is -2.19. The molecule has 2 aromatic rings. The summed E-state index contributed by atoms with van der Waals surface area (Å²) in [6.07, 6.45) is 0. The van der Waals surface area contributed by atoms with Gasteiger partial charge in [0.15, 0.2) is 0 Å². The fourth-order valence-corrected chi connectivity index (χ4v) is 3.16. The van der Waals surface area contributed by atoms with Crippen molar-refractivity contribution in [2.45, 2.75) is 6.54 Å². The quantitative estimate of drug-likeness (QED) is 0.936. The fourth-order valence-electron chi connectivity index (χ4n) is 1.26. The number of thiazole rings is 1. The van der Waals surface area contributed by atoms with Gasteiger partial charge in [-0.25, -0.2) is 0 Å². The number of halogens is 1. The molecule has 0 radical (unpaired) electrons. The second-order valence-electron chi connectivity index (χ2n) is 2.97. The van der Waals surface area contributed by atoms with E-state index in [1.807, 2.05) is 0 Å². The lowest BCUT2D eigenvalue weighted by Gasteiger charge is -2.01. The van der Waals surface area contributed by atoms with E-state index in [-0.39, 0.29) is 11.4 Å². The first-order chi connectivity index (χ1) is 7.58. The van der Waals surface area contributed by atoms with Crippen LogP contribution in [-0.2, 0) is 11.3 Å². The molecule has 0 bridgehead atoms. The van der Waals surface area contributed by atoms with E-state index in [9.17, 15) is 9.59 Å². The van der Waals surface area contributed by atoms with E-state index in [2.05, 4.69) is 0 Å². The second-order valence-corrected chi connectivity index (χ2v) is 5.51. The molecule has 7 heteroatoms. The summed E-state index contributed by atoms with van der Waals surface area (Å²) in [5.74, 6) is -1.04. The molecule has 2 rings (SSSR count). The number of thiophene rings is 1. The monoisotopic (exact) mass is 275 g/mol. The molecule has 0 amide bonds. The maximum atomic E-state index is 11.4. The molecule has 0 aromatic carbocycles. The van der Waals surface area contributed by atoms with Gasteiger partial charge in [-0.15, -0.1) is 11.3 Å². The van der Waals surface area contributed by atoms with Crippen LogP contribution >= 0.6 is 34.3 Å². The summed E-state index contributed by atoms with van der Waals surface area (Å²) in [5.41, 5.74) is 0.606. The summed E-state index contributed by atoms with van der Waals surface area (Å²) < 4.78 is 1.84. The van der Waals surface area contributed by atoms with Crippen molar-refractivity contribution in [2.24, 2.45) is 0 Å². The van der Waals surface area contributed by atoms with Crippen molar-refractivity contribution in [2.75, 3.05) is 0 Å². The highest BCUT2D eigenvalue weighted by Crippen LogP contribution is 2.31. The van der Waals surface area contributed by atoms with Crippen LogP contribution in [0.5, 0.6) is 0 Å². The molecule has 0 fully saturated rings. The molecule has 0 aliphatic carbocycles. The van der Waals surface area contributed by atoms with Gasteiger partial charge in [0.2, 0.25) is 0 Å². The average Bonchev–Trinajstić information content (AvgIpc) is 2.75. The van der Waals surface area contributed by atoms with Crippen LogP contribution in [0, 0.1) is 0 Å². The largest absolute Gasteiger partial charge is 0.480 e. The third kappa shape index (κ3) is 2.18. The van der Waals surface area contributed by atoms with E-state index in [0.717, 1.165) is 16.2 Å². The van der Waals surface area contributed by atoms with Gasteiger partial charge in [0.25, 0.3) is 0 Å². The number of rotatable bonds is 3. The molecule has 84 valence electrons. The first-order valence-electron chi connectivity index (χ1n) is 4.24. The number of carboxylic acids is 1. The molecule has 16 heavy (non-hydrogen) atoms. The summed E-state index contributed by atoms with van der Waals surface area (Å²) in [4.78, 5) is 22.6. The third-order valence-corrected chi connectivity index (χ3v) is 3.92. The second kappa shape index (κ2) is 4.40. The number of aliphatic carboxylic acids is 1. The van der Waals surface area contributed by atoms with Crippen LogP contribution in [0.1, 0.15) is 0 Å². The Labute approximate surface area is 103 Å². The zero-order valence-corrected chi connectivity index (χ0v) is 10.2. The van der Waals surface area contributed by atoms with Crippen molar-refractivity contribution in [3.8, 4) is 10.6 Å². The Hall–Kier alpha value is -1.11. The minimum absolute atomic E-state index is 0.276. The van der Waals surface area contributed by atoms with Crippen molar-refractivity contribution < 1.29 is 9.90 Å². The molecular formula is C9H6ClNO3S2. The van der Waals surface area contributed by atoms with E-state index in [4.69, 9.17) is 16.7 Å². The highest BCUT2D eigenvalue weighted by molar-refractivity contribution is 7.19. The molecule has 2 aromatic heterocycles. The number of nitrogens with zero attached hydrogens (tertiary/aromatic N) is 1. The van der Waals surface area contributed by atoms with Gasteiger partial charge in [-0.2, -0.15) is 0 Å². The van der Waals surface area contributed by atoms with Gasteiger partial charge in [0, 0.05) is 5.38 Å². The summed E-state index contributed by atoms with van der Waals surface area (Å²) in [5, 5.41) is 10.4. The average molecular weight is 276 g/mol. The van der Waals surface area contributed by atoms with Crippen LogP contribution in [0.3, 0.4) is 0 Å². The lowest BCUT2D eigenvalue weighted by atomic mass is 10.4. The Morgan fingerprint density at radius 3 is 2.81 bits per heavy atom. The van der Waals surface area contributed by atoms with Crippen LogP contribution in [0.25, 0.3) is 10.6 Å². The first kappa shape index (κ1) is 11.4. The number of aromatic nitrogens is 1. The lowest BCUT2D eigenvalue weighted by molar-refractivity contribution is -0.137. The standard InChI is InChI=1S/C9H6ClNO3S2/c10-7-2-1-6(16-7)5-4-15-9(14)11(5)3-8(12)13/h1-2,4H,3H2,(H,12,13). The highest BCUT2D eigenvalue weighted by atomic mass is 35.5. The van der Waals surface area contributed by atoms with Gasteiger partial charge >= 0.3 is 10.8 Å². The van der Waals surface area contributed by atoms with Crippen LogP contribution < -0.4 is 4.87 Å². The molecule has 0 aliphatic rings. The van der Waals surface area contributed by atoms with Gasteiger partial charge in [0.1, 0.15) is 6.54 Å². The molecule has 0 aliphatic heterocycles. The number of carbonyl (C=O) groups is 1. The van der Waals surface area contributed by atoms with Crippen molar-refractivity contribution in [1.82, 2.24) is 4.57 Å². The molecule has 2 heterocycles. The van der Waals surface area contributed by atoms with Gasteiger partial charge in [0.05, 0.1) is 14.9 Å². The van der Waals surface area contributed by atoms with Crippen LogP contribution in [0.2, 0.25) is 4.34 Å². The Morgan fingerprint density at radius 1 is 1.50 bits per heavy atom. The van der Waals surface area contributed by atoms with Gasteiger partial charge in [-0.3, -0.25) is 14.2 Å². The SMILES string of the molecule is O=C(O)Cn1c(-c2ccc(Cl)s2)csc1=O. The van der Waals surface area contributed by atoms with E-state index in [1.54, 1.807) is 17.5 Å². The smallest absolute Gasteiger partial charge is 0.323 e. The van der Waals surface area contributed by atoms with E-state index < -0.39 is 5.97 Å². The minimum atomic E-state index is -1.04. The maximum Gasteiger partial charge on any atom is 0.323 e. The van der Waals surface area contributed by atoms with Gasteiger partial charge < -0.3 is 5.11 Å².